The van der Waals surface area contributed by atoms with Gasteiger partial charge in [0, 0.05) is 11.8 Å². The number of hydrogen-bond acceptors (Lipinski definition) is 4. The molecule has 26 heavy (non-hydrogen) atoms. The molecule has 2 N–H and O–H groups in total. The number of aromatic nitrogens is 1. The maximum atomic E-state index is 12.7. The maximum absolute atomic E-state index is 12.7. The lowest BCUT2D eigenvalue weighted by Gasteiger charge is -2.11. The topological polar surface area (TPSA) is 88.3 Å². The van der Waals surface area contributed by atoms with Crippen LogP contribution in [-0.2, 0) is 15.7 Å². The quantitative estimate of drug-likeness (QED) is 0.604. The summed E-state index contributed by atoms with van der Waals surface area (Å²) < 4.78 is 42.8. The Balaban J connectivity index is 1.98. The largest absolute Gasteiger partial charge is 0.451 e. The van der Waals surface area contributed by atoms with Gasteiger partial charge in [-0.1, -0.05) is 11.6 Å². The highest BCUT2D eigenvalue weighted by molar-refractivity contribution is 6.33. The van der Waals surface area contributed by atoms with Crippen LogP contribution < -0.4 is 5.32 Å². The molecule has 2 aromatic rings. The molecule has 1 heterocycles. The molecular formula is C16H12ClF3N2O4. The predicted molar refractivity (Wildman–Crippen MR) is 86.2 cm³/mol. The molecule has 2 rings (SSSR count). The Hall–Kier alpha value is -2.81. The van der Waals surface area contributed by atoms with Crippen LogP contribution in [0.15, 0.2) is 30.5 Å². The first-order valence-corrected chi connectivity index (χ1v) is 7.49. The molecule has 0 radical (unpaired) electrons. The van der Waals surface area contributed by atoms with Crippen LogP contribution in [0.3, 0.4) is 0 Å². The van der Waals surface area contributed by atoms with E-state index in [1.54, 1.807) is 0 Å². The lowest BCUT2D eigenvalue weighted by Crippen LogP contribution is -2.21. The number of nitrogens with one attached hydrogen (secondary N) is 2. The number of benzene rings is 1. The number of amides is 1. The number of ketones is 1. The Morgan fingerprint density at radius 3 is 2.50 bits per heavy atom. The van der Waals surface area contributed by atoms with Gasteiger partial charge in [0.25, 0.3) is 5.91 Å². The van der Waals surface area contributed by atoms with Crippen LogP contribution >= 0.6 is 11.6 Å². The van der Waals surface area contributed by atoms with Crippen molar-refractivity contribution in [2.45, 2.75) is 13.1 Å². The van der Waals surface area contributed by atoms with Gasteiger partial charge < -0.3 is 15.0 Å². The predicted octanol–water partition coefficient (Wildman–Crippen LogP) is 3.69. The highest BCUT2D eigenvalue weighted by Gasteiger charge is 2.31. The number of carbonyl (C=O) groups excluding carboxylic acids is 3. The first-order valence-electron chi connectivity index (χ1n) is 7.11. The molecule has 10 heteroatoms. The van der Waals surface area contributed by atoms with E-state index in [1.165, 1.54) is 19.2 Å². The number of ether oxygens (including phenoxy) is 1. The Morgan fingerprint density at radius 2 is 1.92 bits per heavy atom. The number of carbonyl (C=O) groups is 3. The molecule has 0 fully saturated rings. The summed E-state index contributed by atoms with van der Waals surface area (Å²) in [6.45, 7) is 0.560. The molecule has 138 valence electrons. The van der Waals surface area contributed by atoms with E-state index in [2.05, 4.69) is 10.3 Å². The Kier molecular flexibility index (Phi) is 5.71. The average Bonchev–Trinajstić information content (AvgIpc) is 3.04. The van der Waals surface area contributed by atoms with Gasteiger partial charge in [-0.3, -0.25) is 9.59 Å². The summed E-state index contributed by atoms with van der Waals surface area (Å²) >= 11 is 5.75. The zero-order valence-corrected chi connectivity index (χ0v) is 14.0. The van der Waals surface area contributed by atoms with Crippen LogP contribution in [0, 0.1) is 0 Å². The van der Waals surface area contributed by atoms with E-state index < -0.39 is 30.2 Å². The minimum Gasteiger partial charge on any atom is -0.451 e. The second-order valence-electron chi connectivity index (χ2n) is 5.17. The third kappa shape index (κ3) is 4.85. The van der Waals surface area contributed by atoms with Gasteiger partial charge in [0.05, 0.1) is 16.3 Å². The van der Waals surface area contributed by atoms with E-state index in [0.29, 0.717) is 6.07 Å². The van der Waals surface area contributed by atoms with E-state index >= 15 is 0 Å². The molecule has 1 aromatic heterocycles. The number of esters is 1. The average molecular weight is 389 g/mol. The van der Waals surface area contributed by atoms with Crippen molar-refractivity contribution in [1.29, 1.82) is 0 Å². The van der Waals surface area contributed by atoms with Crippen LogP contribution in [-0.4, -0.2) is 29.3 Å². The molecule has 0 saturated carbocycles. The summed E-state index contributed by atoms with van der Waals surface area (Å²) in [5, 5.41) is 2.04. The zero-order chi connectivity index (χ0) is 19.5. The highest BCUT2D eigenvalue weighted by atomic mass is 35.5. The molecule has 0 unspecified atom stereocenters. The third-order valence-corrected chi connectivity index (χ3v) is 3.54. The summed E-state index contributed by atoms with van der Waals surface area (Å²) in [7, 11) is 0. The van der Waals surface area contributed by atoms with Crippen molar-refractivity contribution < 1.29 is 32.3 Å². The molecule has 0 aliphatic rings. The summed E-state index contributed by atoms with van der Waals surface area (Å²) in [4.78, 5) is 37.2. The minimum absolute atomic E-state index is 0.0416. The number of alkyl halides is 3. The molecule has 0 atom stereocenters. The molecule has 0 bridgehead atoms. The van der Waals surface area contributed by atoms with Gasteiger partial charge in [-0.25, -0.2) is 4.79 Å². The van der Waals surface area contributed by atoms with E-state index in [1.807, 2.05) is 0 Å². The zero-order valence-electron chi connectivity index (χ0n) is 13.2. The van der Waals surface area contributed by atoms with Gasteiger partial charge >= 0.3 is 12.1 Å². The van der Waals surface area contributed by atoms with E-state index in [4.69, 9.17) is 16.3 Å². The molecule has 6 nitrogen and oxygen atoms in total. The molecule has 0 aliphatic carbocycles. The van der Waals surface area contributed by atoms with Crippen molar-refractivity contribution in [2.24, 2.45) is 0 Å². The molecular weight excluding hydrogens is 377 g/mol. The van der Waals surface area contributed by atoms with Gasteiger partial charge in [0.15, 0.2) is 12.4 Å². The molecule has 0 spiro atoms. The number of rotatable bonds is 5. The second-order valence-corrected chi connectivity index (χ2v) is 5.58. The van der Waals surface area contributed by atoms with Crippen molar-refractivity contribution in [3.05, 3.63) is 52.3 Å². The van der Waals surface area contributed by atoms with Gasteiger partial charge in [0.1, 0.15) is 5.69 Å². The van der Waals surface area contributed by atoms with Gasteiger partial charge in [-0.2, -0.15) is 13.2 Å². The molecule has 1 amide bonds. The monoisotopic (exact) mass is 388 g/mol. The summed E-state index contributed by atoms with van der Waals surface area (Å²) in [6, 6.07) is 3.70. The molecule has 0 aliphatic heterocycles. The summed E-state index contributed by atoms with van der Waals surface area (Å²) in [6.07, 6.45) is -3.29. The number of Topliss-reactive ketones (excluding diaryl/α,β-unsaturated/α-hetero) is 1. The van der Waals surface area contributed by atoms with Gasteiger partial charge in [0.2, 0.25) is 0 Å². The van der Waals surface area contributed by atoms with Crippen molar-refractivity contribution in [3.8, 4) is 0 Å². The van der Waals surface area contributed by atoms with E-state index in [-0.39, 0.29) is 27.8 Å². The van der Waals surface area contributed by atoms with Crippen LogP contribution in [0.25, 0.3) is 0 Å². The SMILES string of the molecule is CC(=O)c1c[nH]c(C(=O)OCC(=O)Nc2cc(C(F)(F)F)ccc2Cl)c1. The highest BCUT2D eigenvalue weighted by Crippen LogP contribution is 2.33. The Morgan fingerprint density at radius 1 is 1.23 bits per heavy atom. The smallest absolute Gasteiger partial charge is 0.416 e. The van der Waals surface area contributed by atoms with E-state index in [0.717, 1.165) is 12.1 Å². The van der Waals surface area contributed by atoms with Crippen LogP contribution in [0.2, 0.25) is 5.02 Å². The number of aromatic amines is 1. The first kappa shape index (κ1) is 19.5. The van der Waals surface area contributed by atoms with Crippen LogP contribution in [0.1, 0.15) is 33.3 Å². The molecule has 0 saturated heterocycles. The Bertz CT molecular complexity index is 861. The maximum Gasteiger partial charge on any atom is 0.416 e. The normalized spacial score (nSPS) is 11.1. The van der Waals surface area contributed by atoms with Crippen molar-refractivity contribution >= 4 is 34.9 Å². The van der Waals surface area contributed by atoms with E-state index in [9.17, 15) is 27.6 Å². The fraction of sp³-hybridized carbons (Fsp3) is 0.188. The lowest BCUT2D eigenvalue weighted by molar-refractivity contribution is -0.137. The number of halogens is 4. The van der Waals surface area contributed by atoms with Gasteiger partial charge in [-0.15, -0.1) is 0 Å². The fourth-order valence-electron chi connectivity index (χ4n) is 1.91. The fourth-order valence-corrected chi connectivity index (χ4v) is 2.07. The third-order valence-electron chi connectivity index (χ3n) is 3.21. The van der Waals surface area contributed by atoms with Gasteiger partial charge in [-0.05, 0) is 31.2 Å². The van der Waals surface area contributed by atoms with Crippen molar-refractivity contribution in [1.82, 2.24) is 4.98 Å². The van der Waals surface area contributed by atoms with Crippen LogP contribution in [0.4, 0.5) is 18.9 Å². The number of H-pyrrole nitrogens is 1. The molecule has 1 aromatic carbocycles. The minimum atomic E-state index is -4.60. The number of hydrogen-bond donors (Lipinski definition) is 2. The second kappa shape index (κ2) is 7.61. The lowest BCUT2D eigenvalue weighted by atomic mass is 10.2. The summed E-state index contributed by atoms with van der Waals surface area (Å²) in [5.74, 6) is -2.04. The Labute approximate surface area is 150 Å². The summed E-state index contributed by atoms with van der Waals surface area (Å²) in [5.41, 5.74) is -1.03. The number of anilines is 1. The van der Waals surface area contributed by atoms with Crippen molar-refractivity contribution in [2.75, 3.05) is 11.9 Å². The first-order chi connectivity index (χ1) is 12.1. The standard InChI is InChI=1S/C16H12ClF3N2O4/c1-8(23)9-4-13(21-6-9)15(25)26-7-14(24)22-12-5-10(16(18,19)20)2-3-11(12)17/h2-6,21H,7H2,1H3,(H,22,24). The van der Waals surface area contributed by atoms with Crippen molar-refractivity contribution in [3.63, 3.8) is 0 Å². The van der Waals surface area contributed by atoms with Crippen LogP contribution in [0.5, 0.6) is 0 Å².